The van der Waals surface area contributed by atoms with Gasteiger partial charge in [0.15, 0.2) is 0 Å². The predicted octanol–water partition coefficient (Wildman–Crippen LogP) is 4.73. The number of fused-ring (bicyclic) bond motifs is 1. The van der Waals surface area contributed by atoms with Crippen LogP contribution in [-0.4, -0.2) is 34.1 Å². The molecule has 2 heterocycles. The summed E-state index contributed by atoms with van der Waals surface area (Å²) in [5, 5.41) is 13.7. The number of benzene rings is 1. The molecule has 3 rings (SSSR count). The summed E-state index contributed by atoms with van der Waals surface area (Å²) in [6.07, 6.45) is -4.13. The first-order valence-electron chi connectivity index (χ1n) is 9.68. The van der Waals surface area contributed by atoms with Crippen molar-refractivity contribution in [2.75, 3.05) is 7.11 Å². The number of alkyl halides is 3. The fraction of sp³-hybridized carbons (Fsp3) is 0.409. The number of aliphatic hydroxyl groups is 1. The lowest BCUT2D eigenvalue weighted by Gasteiger charge is -2.38. The van der Waals surface area contributed by atoms with E-state index in [2.05, 4.69) is 15.3 Å². The molecule has 3 aromatic rings. The zero-order valence-electron chi connectivity index (χ0n) is 17.7. The minimum atomic E-state index is -4.98. The van der Waals surface area contributed by atoms with E-state index in [-0.39, 0.29) is 17.9 Å². The molecule has 0 spiro atoms. The topological polar surface area (TPSA) is 70.2 Å². The quantitative estimate of drug-likeness (QED) is 0.368. The number of H-pyrrole nitrogens is 1. The van der Waals surface area contributed by atoms with Gasteiger partial charge in [0.25, 0.3) is 0 Å². The molecule has 2 aromatic heterocycles. The molecule has 0 fully saturated rings. The molecule has 0 amide bonds. The fourth-order valence-electron chi connectivity index (χ4n) is 3.80. The lowest BCUT2D eigenvalue weighted by molar-refractivity contribution is -0.280. The largest absolute Gasteiger partial charge is 0.496 e. The first kappa shape index (κ1) is 23.0. The standard InChI is InChI=1S/C22H25F4N3O2/c1-13-16-10-15(29-18(16)7-8-27-13)11-28-21(30,22(24,25)26)12-20(2,3)17-9-14(23)5-6-19(17)31-4/h5-10,28-30H,11-12H2,1-4H3. The fourth-order valence-corrected chi connectivity index (χ4v) is 3.80. The Morgan fingerprint density at radius 1 is 1.16 bits per heavy atom. The van der Waals surface area contributed by atoms with Gasteiger partial charge in [-0.25, -0.2) is 4.39 Å². The number of aryl methyl sites for hydroxylation is 1. The van der Waals surface area contributed by atoms with Gasteiger partial charge < -0.3 is 14.8 Å². The van der Waals surface area contributed by atoms with E-state index in [1.807, 2.05) is 0 Å². The van der Waals surface area contributed by atoms with Crippen LogP contribution in [0, 0.1) is 12.7 Å². The third kappa shape index (κ3) is 4.67. The van der Waals surface area contributed by atoms with Crippen molar-refractivity contribution in [3.63, 3.8) is 0 Å². The number of aromatic nitrogens is 2. The van der Waals surface area contributed by atoms with Crippen molar-refractivity contribution < 1.29 is 27.4 Å². The van der Waals surface area contributed by atoms with Gasteiger partial charge in [0, 0.05) is 47.0 Å². The molecule has 1 unspecified atom stereocenters. The van der Waals surface area contributed by atoms with Gasteiger partial charge in [-0.05, 0) is 42.7 Å². The van der Waals surface area contributed by atoms with Crippen molar-refractivity contribution in [1.29, 1.82) is 0 Å². The van der Waals surface area contributed by atoms with Crippen molar-refractivity contribution in [2.24, 2.45) is 0 Å². The summed E-state index contributed by atoms with van der Waals surface area (Å²) < 4.78 is 60.9. The number of pyridine rings is 1. The third-order valence-electron chi connectivity index (χ3n) is 5.43. The second-order valence-corrected chi connectivity index (χ2v) is 8.27. The number of hydrogen-bond acceptors (Lipinski definition) is 4. The molecule has 5 nitrogen and oxygen atoms in total. The van der Waals surface area contributed by atoms with E-state index in [1.165, 1.54) is 33.1 Å². The Kier molecular flexibility index (Phi) is 6.03. The van der Waals surface area contributed by atoms with Crippen LogP contribution in [-0.2, 0) is 12.0 Å². The summed E-state index contributed by atoms with van der Waals surface area (Å²) >= 11 is 0. The highest BCUT2D eigenvalue weighted by Crippen LogP contribution is 2.42. The molecule has 3 N–H and O–H groups in total. The van der Waals surface area contributed by atoms with Gasteiger partial charge in [-0.1, -0.05) is 13.8 Å². The number of hydrogen-bond donors (Lipinski definition) is 3. The van der Waals surface area contributed by atoms with Gasteiger partial charge in [0.05, 0.1) is 7.11 Å². The van der Waals surface area contributed by atoms with Crippen LogP contribution in [0.3, 0.4) is 0 Å². The Bertz CT molecular complexity index is 1080. The second kappa shape index (κ2) is 8.12. The van der Waals surface area contributed by atoms with E-state index in [0.717, 1.165) is 22.7 Å². The molecule has 31 heavy (non-hydrogen) atoms. The SMILES string of the molecule is COc1ccc(F)cc1C(C)(C)CC(O)(NCc1cc2c(C)nccc2[nH]1)C(F)(F)F. The molecule has 1 atom stereocenters. The van der Waals surface area contributed by atoms with Gasteiger partial charge in [-0.15, -0.1) is 0 Å². The number of halogens is 4. The number of aromatic amines is 1. The number of methoxy groups -OCH3 is 1. The first-order chi connectivity index (χ1) is 14.4. The summed E-state index contributed by atoms with van der Waals surface area (Å²) in [5.74, 6) is -0.357. The Balaban J connectivity index is 1.89. The third-order valence-corrected chi connectivity index (χ3v) is 5.43. The van der Waals surface area contributed by atoms with E-state index < -0.39 is 29.6 Å². The van der Waals surface area contributed by atoms with Gasteiger partial charge >= 0.3 is 6.18 Å². The molecular weight excluding hydrogens is 414 g/mol. The molecule has 0 aliphatic rings. The van der Waals surface area contributed by atoms with E-state index in [4.69, 9.17) is 4.74 Å². The summed E-state index contributed by atoms with van der Waals surface area (Å²) in [7, 11) is 1.35. The predicted molar refractivity (Wildman–Crippen MR) is 109 cm³/mol. The molecule has 0 radical (unpaired) electrons. The van der Waals surface area contributed by atoms with Gasteiger partial charge in [0.1, 0.15) is 11.6 Å². The van der Waals surface area contributed by atoms with Crippen LogP contribution < -0.4 is 10.1 Å². The highest BCUT2D eigenvalue weighted by molar-refractivity contribution is 5.82. The van der Waals surface area contributed by atoms with E-state index in [9.17, 15) is 22.7 Å². The van der Waals surface area contributed by atoms with Crippen LogP contribution in [0.5, 0.6) is 5.75 Å². The minimum absolute atomic E-state index is 0.229. The molecule has 1 aromatic carbocycles. The van der Waals surface area contributed by atoms with Gasteiger partial charge in [0.2, 0.25) is 5.72 Å². The van der Waals surface area contributed by atoms with E-state index in [0.29, 0.717) is 5.69 Å². The number of nitrogens with one attached hydrogen (secondary N) is 2. The number of rotatable bonds is 7. The van der Waals surface area contributed by atoms with Crippen LogP contribution in [0.15, 0.2) is 36.5 Å². The average Bonchev–Trinajstić information content (AvgIpc) is 3.10. The van der Waals surface area contributed by atoms with E-state index >= 15 is 0 Å². The van der Waals surface area contributed by atoms with Crippen LogP contribution in [0.2, 0.25) is 0 Å². The monoisotopic (exact) mass is 439 g/mol. The molecule has 168 valence electrons. The summed E-state index contributed by atoms with van der Waals surface area (Å²) in [6, 6.07) is 7.07. The van der Waals surface area contributed by atoms with Crippen molar-refractivity contribution >= 4 is 10.9 Å². The lowest BCUT2D eigenvalue weighted by Crippen LogP contribution is -2.59. The van der Waals surface area contributed by atoms with Crippen molar-refractivity contribution in [2.45, 2.75) is 51.1 Å². The highest BCUT2D eigenvalue weighted by Gasteiger charge is 2.56. The number of ether oxygens (including phenoxy) is 1. The average molecular weight is 439 g/mol. The normalized spacial score (nSPS) is 14.6. The van der Waals surface area contributed by atoms with Crippen LogP contribution >= 0.6 is 0 Å². The minimum Gasteiger partial charge on any atom is -0.496 e. The Hall–Kier alpha value is -2.65. The van der Waals surface area contributed by atoms with Crippen LogP contribution in [0.25, 0.3) is 10.9 Å². The second-order valence-electron chi connectivity index (χ2n) is 8.27. The smallest absolute Gasteiger partial charge is 0.431 e. The van der Waals surface area contributed by atoms with Crippen LogP contribution in [0.1, 0.15) is 37.2 Å². The molecule has 0 aliphatic heterocycles. The molecule has 0 saturated carbocycles. The Morgan fingerprint density at radius 3 is 2.48 bits per heavy atom. The Morgan fingerprint density at radius 2 is 1.87 bits per heavy atom. The number of nitrogens with zero attached hydrogens (tertiary/aromatic N) is 1. The summed E-state index contributed by atoms with van der Waals surface area (Å²) in [6.45, 7) is 4.54. The zero-order chi connectivity index (χ0) is 23.0. The molecule has 9 heteroatoms. The maximum absolute atomic E-state index is 13.9. The van der Waals surface area contributed by atoms with Gasteiger partial charge in [-0.2, -0.15) is 13.2 Å². The maximum Gasteiger partial charge on any atom is 0.431 e. The van der Waals surface area contributed by atoms with E-state index in [1.54, 1.807) is 25.3 Å². The van der Waals surface area contributed by atoms with Crippen molar-refractivity contribution in [1.82, 2.24) is 15.3 Å². The van der Waals surface area contributed by atoms with Gasteiger partial charge in [-0.3, -0.25) is 10.3 Å². The first-order valence-corrected chi connectivity index (χ1v) is 9.68. The zero-order valence-corrected chi connectivity index (χ0v) is 17.7. The highest BCUT2D eigenvalue weighted by atomic mass is 19.4. The maximum atomic E-state index is 13.9. The van der Waals surface area contributed by atoms with Crippen LogP contribution in [0.4, 0.5) is 17.6 Å². The molecular formula is C22H25F4N3O2. The molecule has 0 saturated heterocycles. The lowest BCUT2D eigenvalue weighted by atomic mass is 9.77. The van der Waals surface area contributed by atoms with Crippen molar-refractivity contribution in [3.05, 3.63) is 59.3 Å². The molecule has 0 aliphatic carbocycles. The summed E-state index contributed by atoms with van der Waals surface area (Å²) in [5.41, 5.74) is -2.32. The van der Waals surface area contributed by atoms with Crippen molar-refractivity contribution in [3.8, 4) is 5.75 Å². The molecule has 0 bridgehead atoms. The summed E-state index contributed by atoms with van der Waals surface area (Å²) in [4.78, 5) is 7.19. The Labute approximate surface area is 177 Å².